The summed E-state index contributed by atoms with van der Waals surface area (Å²) in [5.74, 6) is 1.85. The van der Waals surface area contributed by atoms with E-state index >= 15 is 0 Å². The molecule has 0 bridgehead atoms. The second-order valence-corrected chi connectivity index (χ2v) is 5.27. The number of ether oxygens (including phenoxy) is 2. The van der Waals surface area contributed by atoms with Gasteiger partial charge in [-0.3, -0.25) is 0 Å². The third-order valence-corrected chi connectivity index (χ3v) is 3.93. The van der Waals surface area contributed by atoms with E-state index < -0.39 is 0 Å². The molecule has 110 valence electrons. The summed E-state index contributed by atoms with van der Waals surface area (Å²) in [7, 11) is 1.96. The van der Waals surface area contributed by atoms with Gasteiger partial charge in [0.2, 0.25) is 0 Å². The summed E-state index contributed by atoms with van der Waals surface area (Å²) < 4.78 is 12.0. The third-order valence-electron chi connectivity index (χ3n) is 3.93. The number of fused-ring (bicyclic) bond motifs is 1. The Morgan fingerprint density at radius 1 is 1.19 bits per heavy atom. The normalized spacial score (nSPS) is 20.5. The predicted molar refractivity (Wildman–Crippen MR) is 84.0 cm³/mol. The average Bonchev–Trinajstić information content (AvgIpc) is 2.55. The van der Waals surface area contributed by atoms with Crippen LogP contribution in [0.2, 0.25) is 0 Å². The lowest BCUT2D eigenvalue weighted by molar-refractivity contribution is 0.0773. The van der Waals surface area contributed by atoms with Crippen molar-refractivity contribution in [2.45, 2.75) is 25.5 Å². The van der Waals surface area contributed by atoms with Gasteiger partial charge in [0.25, 0.3) is 0 Å². The molecule has 0 fully saturated rings. The Kier molecular flexibility index (Phi) is 4.11. The lowest BCUT2D eigenvalue weighted by Gasteiger charge is -2.33. The summed E-state index contributed by atoms with van der Waals surface area (Å²) in [4.78, 5) is 0. The van der Waals surface area contributed by atoms with Crippen molar-refractivity contribution in [2.24, 2.45) is 0 Å². The molecule has 0 saturated heterocycles. The van der Waals surface area contributed by atoms with Crippen LogP contribution in [0.15, 0.2) is 48.5 Å². The van der Waals surface area contributed by atoms with Gasteiger partial charge in [-0.15, -0.1) is 0 Å². The van der Waals surface area contributed by atoms with Crippen LogP contribution in [0.3, 0.4) is 0 Å². The Morgan fingerprint density at radius 2 is 2.05 bits per heavy atom. The molecule has 21 heavy (non-hydrogen) atoms. The van der Waals surface area contributed by atoms with Crippen LogP contribution in [-0.2, 0) is 6.42 Å². The summed E-state index contributed by atoms with van der Waals surface area (Å²) >= 11 is 0. The molecule has 2 aromatic carbocycles. The van der Waals surface area contributed by atoms with Gasteiger partial charge in [0, 0.05) is 5.56 Å². The number of aryl methyl sites for hydroxylation is 1. The number of para-hydroxylation sites is 1. The minimum Gasteiger partial charge on any atom is -0.489 e. The van der Waals surface area contributed by atoms with Crippen LogP contribution >= 0.6 is 0 Å². The highest BCUT2D eigenvalue weighted by Crippen LogP contribution is 2.33. The van der Waals surface area contributed by atoms with Crippen LogP contribution in [-0.4, -0.2) is 19.8 Å². The van der Waals surface area contributed by atoms with Gasteiger partial charge in [-0.2, -0.15) is 0 Å². The van der Waals surface area contributed by atoms with Gasteiger partial charge in [-0.05, 0) is 37.2 Å². The van der Waals surface area contributed by atoms with Crippen molar-refractivity contribution in [1.29, 1.82) is 0 Å². The molecule has 0 aromatic heterocycles. The van der Waals surface area contributed by atoms with Crippen LogP contribution in [0.4, 0.5) is 0 Å². The topological polar surface area (TPSA) is 30.5 Å². The Hall–Kier alpha value is -2.00. The van der Waals surface area contributed by atoms with Gasteiger partial charge in [-0.25, -0.2) is 0 Å². The second-order valence-electron chi connectivity index (χ2n) is 5.27. The highest BCUT2D eigenvalue weighted by molar-refractivity contribution is 5.39. The molecular formula is C18H21NO2. The largest absolute Gasteiger partial charge is 0.489 e. The van der Waals surface area contributed by atoms with Crippen molar-refractivity contribution in [1.82, 2.24) is 5.32 Å². The highest BCUT2D eigenvalue weighted by atomic mass is 16.5. The number of nitrogens with one attached hydrogen (secondary N) is 1. The maximum Gasteiger partial charge on any atom is 0.152 e. The Bertz CT molecular complexity index is 612. The van der Waals surface area contributed by atoms with Crippen LogP contribution in [0, 0.1) is 0 Å². The van der Waals surface area contributed by atoms with E-state index in [4.69, 9.17) is 9.47 Å². The SMILES string of the molecule is CCc1cccc(OC2COc3ccccc3C2NC)c1. The van der Waals surface area contributed by atoms with Gasteiger partial charge >= 0.3 is 0 Å². The van der Waals surface area contributed by atoms with Gasteiger partial charge in [0.1, 0.15) is 18.1 Å². The zero-order valence-electron chi connectivity index (χ0n) is 12.5. The van der Waals surface area contributed by atoms with E-state index in [9.17, 15) is 0 Å². The molecule has 3 heteroatoms. The number of hydrogen-bond acceptors (Lipinski definition) is 3. The molecule has 1 aliphatic heterocycles. The zero-order valence-corrected chi connectivity index (χ0v) is 12.5. The lowest BCUT2D eigenvalue weighted by atomic mass is 9.98. The van der Waals surface area contributed by atoms with Crippen LogP contribution < -0.4 is 14.8 Å². The maximum absolute atomic E-state index is 6.17. The number of rotatable bonds is 4. The molecule has 0 amide bonds. The van der Waals surface area contributed by atoms with Gasteiger partial charge in [-0.1, -0.05) is 37.3 Å². The molecule has 2 unspecified atom stereocenters. The van der Waals surface area contributed by atoms with E-state index in [1.165, 1.54) is 5.56 Å². The monoisotopic (exact) mass is 283 g/mol. The first-order valence-corrected chi connectivity index (χ1v) is 7.46. The molecule has 1 N–H and O–H groups in total. The van der Waals surface area contributed by atoms with Crippen molar-refractivity contribution in [3.63, 3.8) is 0 Å². The molecule has 1 heterocycles. The van der Waals surface area contributed by atoms with Crippen molar-refractivity contribution in [3.8, 4) is 11.5 Å². The molecule has 2 aromatic rings. The van der Waals surface area contributed by atoms with E-state index in [0.717, 1.165) is 23.5 Å². The summed E-state index contributed by atoms with van der Waals surface area (Å²) in [6.45, 7) is 2.70. The van der Waals surface area contributed by atoms with Gasteiger partial charge < -0.3 is 14.8 Å². The van der Waals surface area contributed by atoms with Crippen LogP contribution in [0.5, 0.6) is 11.5 Å². The molecule has 1 aliphatic rings. The lowest BCUT2D eigenvalue weighted by Crippen LogP contribution is -2.41. The van der Waals surface area contributed by atoms with Gasteiger partial charge in [0.05, 0.1) is 6.04 Å². The van der Waals surface area contributed by atoms with Crippen LogP contribution in [0.1, 0.15) is 24.1 Å². The zero-order chi connectivity index (χ0) is 14.7. The van der Waals surface area contributed by atoms with E-state index in [1.54, 1.807) is 0 Å². The smallest absolute Gasteiger partial charge is 0.152 e. The minimum atomic E-state index is -0.0305. The highest BCUT2D eigenvalue weighted by Gasteiger charge is 2.31. The van der Waals surface area contributed by atoms with Crippen molar-refractivity contribution in [3.05, 3.63) is 59.7 Å². The van der Waals surface area contributed by atoms with Crippen LogP contribution in [0.25, 0.3) is 0 Å². The van der Waals surface area contributed by atoms with E-state index in [2.05, 4.69) is 30.4 Å². The standard InChI is InChI=1S/C18H21NO2/c1-3-13-7-6-8-14(11-13)21-17-12-20-16-10-5-4-9-15(16)18(17)19-2/h4-11,17-19H,3,12H2,1-2H3. The van der Waals surface area contributed by atoms with Crippen molar-refractivity contribution < 1.29 is 9.47 Å². The van der Waals surface area contributed by atoms with Crippen molar-refractivity contribution >= 4 is 0 Å². The van der Waals surface area contributed by atoms with E-state index in [0.29, 0.717) is 6.61 Å². The molecule has 0 saturated carbocycles. The first-order valence-electron chi connectivity index (χ1n) is 7.46. The van der Waals surface area contributed by atoms with E-state index in [-0.39, 0.29) is 12.1 Å². The Morgan fingerprint density at radius 3 is 2.86 bits per heavy atom. The predicted octanol–water partition coefficient (Wildman–Crippen LogP) is 3.35. The van der Waals surface area contributed by atoms with Crippen molar-refractivity contribution in [2.75, 3.05) is 13.7 Å². The summed E-state index contributed by atoms with van der Waals surface area (Å²) in [6.07, 6.45) is 0.980. The molecular weight excluding hydrogens is 262 g/mol. The molecule has 0 aliphatic carbocycles. The quantitative estimate of drug-likeness (QED) is 0.933. The van der Waals surface area contributed by atoms with Gasteiger partial charge in [0.15, 0.2) is 6.10 Å². The number of hydrogen-bond donors (Lipinski definition) is 1. The minimum absolute atomic E-state index is 0.0305. The third kappa shape index (κ3) is 2.88. The first kappa shape index (κ1) is 14.0. The maximum atomic E-state index is 6.17. The Labute approximate surface area is 125 Å². The fourth-order valence-electron chi connectivity index (χ4n) is 2.79. The number of likely N-dealkylation sites (N-methyl/N-ethyl adjacent to an activating group) is 1. The first-order chi connectivity index (χ1) is 10.3. The molecule has 2 atom stereocenters. The molecule has 0 spiro atoms. The summed E-state index contributed by atoms with van der Waals surface area (Å²) in [5, 5.41) is 3.35. The fourth-order valence-corrected chi connectivity index (χ4v) is 2.79. The molecule has 0 radical (unpaired) electrons. The number of benzene rings is 2. The second kappa shape index (κ2) is 6.19. The summed E-state index contributed by atoms with van der Waals surface area (Å²) in [5.41, 5.74) is 2.44. The average molecular weight is 283 g/mol. The molecule has 3 nitrogen and oxygen atoms in total. The fraction of sp³-hybridized carbons (Fsp3) is 0.333. The Balaban J connectivity index is 1.82. The molecule has 3 rings (SSSR count). The summed E-state index contributed by atoms with van der Waals surface area (Å²) in [6, 6.07) is 16.5. The van der Waals surface area contributed by atoms with E-state index in [1.807, 2.05) is 37.4 Å².